The van der Waals surface area contributed by atoms with E-state index in [9.17, 15) is 13.2 Å². The highest BCUT2D eigenvalue weighted by atomic mass is 79.9. The van der Waals surface area contributed by atoms with E-state index in [0.717, 1.165) is 21.2 Å². The lowest BCUT2D eigenvalue weighted by Crippen LogP contribution is -2.44. The van der Waals surface area contributed by atoms with Gasteiger partial charge in [0, 0.05) is 23.2 Å². The van der Waals surface area contributed by atoms with Crippen LogP contribution in [-0.4, -0.2) is 31.7 Å². The number of hydrogen-bond donors (Lipinski definition) is 1. The Morgan fingerprint density at radius 2 is 1.71 bits per heavy atom. The van der Waals surface area contributed by atoms with E-state index in [-0.39, 0.29) is 18.4 Å². The monoisotopic (exact) mass is 464 g/mol. The summed E-state index contributed by atoms with van der Waals surface area (Å²) in [5, 5.41) is 2.90. The summed E-state index contributed by atoms with van der Waals surface area (Å²) in [5.74, 6) is -0.502. The minimum atomic E-state index is -3.64. The fourth-order valence-corrected chi connectivity index (χ4v) is 6.05. The van der Waals surface area contributed by atoms with Crippen LogP contribution in [0.4, 0.5) is 5.69 Å². The molecule has 0 saturated carbocycles. The molecule has 0 radical (unpaired) electrons. The molecular formula is C21H25BrN2O3S. The van der Waals surface area contributed by atoms with E-state index in [4.69, 9.17) is 0 Å². The minimum absolute atomic E-state index is 0.139. The maximum absolute atomic E-state index is 13.3. The molecule has 7 heteroatoms. The SMILES string of the molecule is Cc1cc(C)c(S(=O)(=O)N2CCC[C@H](C(=O)Nc3ccc(Br)cc3)C2)c(C)c1. The largest absolute Gasteiger partial charge is 0.326 e. The third kappa shape index (κ3) is 4.47. The van der Waals surface area contributed by atoms with E-state index < -0.39 is 10.0 Å². The zero-order chi connectivity index (χ0) is 20.5. The summed E-state index contributed by atoms with van der Waals surface area (Å²) in [4.78, 5) is 13.1. The van der Waals surface area contributed by atoms with Gasteiger partial charge in [-0.25, -0.2) is 8.42 Å². The van der Waals surface area contributed by atoms with Crippen molar-refractivity contribution in [1.82, 2.24) is 4.31 Å². The first-order valence-electron chi connectivity index (χ1n) is 9.33. The van der Waals surface area contributed by atoms with Crippen molar-refractivity contribution in [1.29, 1.82) is 0 Å². The molecule has 28 heavy (non-hydrogen) atoms. The van der Waals surface area contributed by atoms with Crippen LogP contribution in [0.2, 0.25) is 0 Å². The Kier molecular flexibility index (Phi) is 6.27. The number of anilines is 1. The van der Waals surface area contributed by atoms with Crippen molar-refractivity contribution in [3.05, 3.63) is 57.6 Å². The summed E-state index contributed by atoms with van der Waals surface area (Å²) in [7, 11) is -3.64. The second-order valence-corrected chi connectivity index (χ2v) is 10.2. The summed E-state index contributed by atoms with van der Waals surface area (Å²) in [6, 6.07) is 11.1. The van der Waals surface area contributed by atoms with E-state index in [1.165, 1.54) is 4.31 Å². The van der Waals surface area contributed by atoms with Gasteiger partial charge >= 0.3 is 0 Å². The highest BCUT2D eigenvalue weighted by Crippen LogP contribution is 2.29. The fourth-order valence-electron chi connectivity index (χ4n) is 3.86. The van der Waals surface area contributed by atoms with Gasteiger partial charge in [-0.05, 0) is 69.0 Å². The second-order valence-electron chi connectivity index (χ2n) is 7.43. The summed E-state index contributed by atoms with van der Waals surface area (Å²) in [6.45, 7) is 6.26. The third-order valence-corrected chi connectivity index (χ3v) is 7.77. The molecule has 150 valence electrons. The van der Waals surface area contributed by atoms with Crippen molar-refractivity contribution in [3.8, 4) is 0 Å². The Bertz CT molecular complexity index is 964. The molecule has 0 aliphatic carbocycles. The Morgan fingerprint density at radius 1 is 1.11 bits per heavy atom. The standard InChI is InChI=1S/C21H25BrN2O3S/c1-14-11-15(2)20(16(3)12-14)28(26,27)24-10-4-5-17(13-24)21(25)23-19-8-6-18(22)7-9-19/h6-9,11-12,17H,4-5,10,13H2,1-3H3,(H,23,25)/t17-/m0/s1. The van der Waals surface area contributed by atoms with E-state index >= 15 is 0 Å². The number of nitrogens with zero attached hydrogens (tertiary/aromatic N) is 1. The van der Waals surface area contributed by atoms with Gasteiger partial charge in [-0.2, -0.15) is 4.31 Å². The topological polar surface area (TPSA) is 66.5 Å². The molecule has 0 unspecified atom stereocenters. The molecule has 5 nitrogen and oxygen atoms in total. The molecule has 3 rings (SSSR count). The first-order valence-corrected chi connectivity index (χ1v) is 11.6. The Balaban J connectivity index is 1.79. The number of piperidine rings is 1. The Hall–Kier alpha value is -1.70. The predicted molar refractivity (Wildman–Crippen MR) is 115 cm³/mol. The summed E-state index contributed by atoms with van der Waals surface area (Å²) in [6.07, 6.45) is 1.35. The quantitative estimate of drug-likeness (QED) is 0.728. The first-order chi connectivity index (χ1) is 13.2. The molecular weight excluding hydrogens is 440 g/mol. The predicted octanol–water partition coefficient (Wildman–Crippen LogP) is 4.41. The van der Waals surface area contributed by atoms with Crippen molar-refractivity contribution >= 4 is 37.5 Å². The lowest BCUT2D eigenvalue weighted by molar-refractivity contribution is -0.120. The van der Waals surface area contributed by atoms with Crippen LogP contribution in [-0.2, 0) is 14.8 Å². The number of nitrogens with one attached hydrogen (secondary N) is 1. The first kappa shape index (κ1) is 21.0. The molecule has 1 saturated heterocycles. The van der Waals surface area contributed by atoms with Crippen LogP contribution in [0.25, 0.3) is 0 Å². The number of amides is 1. The van der Waals surface area contributed by atoms with Crippen LogP contribution in [0.15, 0.2) is 45.8 Å². The third-order valence-electron chi connectivity index (χ3n) is 5.07. The highest BCUT2D eigenvalue weighted by molar-refractivity contribution is 9.10. The molecule has 0 bridgehead atoms. The van der Waals surface area contributed by atoms with Crippen molar-refractivity contribution in [3.63, 3.8) is 0 Å². The number of carbonyl (C=O) groups excluding carboxylic acids is 1. The number of benzene rings is 2. The number of rotatable bonds is 4. The van der Waals surface area contributed by atoms with Gasteiger partial charge in [0.05, 0.1) is 10.8 Å². The molecule has 1 heterocycles. The lowest BCUT2D eigenvalue weighted by Gasteiger charge is -2.32. The number of sulfonamides is 1. The van der Waals surface area contributed by atoms with Crippen molar-refractivity contribution in [2.24, 2.45) is 5.92 Å². The van der Waals surface area contributed by atoms with E-state index in [1.54, 1.807) is 0 Å². The van der Waals surface area contributed by atoms with Gasteiger partial charge in [0.25, 0.3) is 0 Å². The molecule has 1 aliphatic heterocycles. The molecule has 1 N–H and O–H groups in total. The number of halogens is 1. The van der Waals surface area contributed by atoms with E-state index in [1.807, 2.05) is 57.2 Å². The highest BCUT2D eigenvalue weighted by Gasteiger charge is 2.34. The fraction of sp³-hybridized carbons (Fsp3) is 0.381. The molecule has 2 aromatic rings. The Labute approximate surface area is 175 Å². The van der Waals surface area contributed by atoms with Crippen LogP contribution in [0.1, 0.15) is 29.5 Å². The van der Waals surface area contributed by atoms with Gasteiger partial charge in [0.1, 0.15) is 0 Å². The molecule has 0 aromatic heterocycles. The molecule has 1 fully saturated rings. The van der Waals surface area contributed by atoms with Crippen molar-refractivity contribution < 1.29 is 13.2 Å². The zero-order valence-electron chi connectivity index (χ0n) is 16.3. The zero-order valence-corrected chi connectivity index (χ0v) is 18.7. The van der Waals surface area contributed by atoms with Gasteiger partial charge in [0.15, 0.2) is 0 Å². The van der Waals surface area contributed by atoms with Crippen LogP contribution >= 0.6 is 15.9 Å². The minimum Gasteiger partial charge on any atom is -0.326 e. The number of carbonyl (C=O) groups is 1. The van der Waals surface area contributed by atoms with Gasteiger partial charge in [-0.15, -0.1) is 0 Å². The molecule has 2 aromatic carbocycles. The number of hydrogen-bond acceptors (Lipinski definition) is 3. The average Bonchev–Trinajstić information content (AvgIpc) is 2.62. The molecule has 1 atom stereocenters. The summed E-state index contributed by atoms with van der Waals surface area (Å²) in [5.41, 5.74) is 3.25. The van der Waals surface area contributed by atoms with Gasteiger partial charge in [-0.1, -0.05) is 33.6 Å². The van der Waals surface area contributed by atoms with E-state index in [2.05, 4.69) is 21.2 Å². The van der Waals surface area contributed by atoms with Gasteiger partial charge < -0.3 is 5.32 Å². The van der Waals surface area contributed by atoms with Crippen molar-refractivity contribution in [2.75, 3.05) is 18.4 Å². The second kappa shape index (κ2) is 8.35. The van der Waals surface area contributed by atoms with Gasteiger partial charge in [-0.3, -0.25) is 4.79 Å². The van der Waals surface area contributed by atoms with Crippen LogP contribution in [0.3, 0.4) is 0 Å². The summed E-state index contributed by atoms with van der Waals surface area (Å²) >= 11 is 3.37. The Morgan fingerprint density at radius 3 is 2.32 bits per heavy atom. The molecule has 0 spiro atoms. The smallest absolute Gasteiger partial charge is 0.243 e. The maximum atomic E-state index is 13.3. The van der Waals surface area contributed by atoms with Crippen LogP contribution in [0, 0.1) is 26.7 Å². The summed E-state index contributed by atoms with van der Waals surface area (Å²) < 4.78 is 29.0. The van der Waals surface area contributed by atoms with Crippen LogP contribution < -0.4 is 5.32 Å². The molecule has 1 amide bonds. The number of aryl methyl sites for hydroxylation is 3. The van der Waals surface area contributed by atoms with E-state index in [0.29, 0.717) is 30.0 Å². The molecule has 1 aliphatic rings. The maximum Gasteiger partial charge on any atom is 0.243 e. The van der Waals surface area contributed by atoms with Crippen LogP contribution in [0.5, 0.6) is 0 Å². The lowest BCUT2D eigenvalue weighted by atomic mass is 9.99. The normalized spacial score (nSPS) is 18.1. The van der Waals surface area contributed by atoms with Crippen molar-refractivity contribution in [2.45, 2.75) is 38.5 Å². The average molecular weight is 465 g/mol. The van der Waals surface area contributed by atoms with Gasteiger partial charge in [0.2, 0.25) is 15.9 Å².